The smallest absolute Gasteiger partial charge is 0.0305 e. The second kappa shape index (κ2) is 6.21. The van der Waals surface area contributed by atoms with Gasteiger partial charge in [-0.05, 0) is 49.7 Å². The van der Waals surface area contributed by atoms with Crippen LogP contribution in [-0.2, 0) is 0 Å². The first-order valence-corrected chi connectivity index (χ1v) is 7.87. The number of hydrogen-bond donors (Lipinski definition) is 1. The van der Waals surface area contributed by atoms with Crippen LogP contribution in [0.4, 0.5) is 0 Å². The maximum Gasteiger partial charge on any atom is 0.0305 e. The quantitative estimate of drug-likeness (QED) is 0.835. The lowest BCUT2D eigenvalue weighted by atomic mass is 9.79. The zero-order chi connectivity index (χ0) is 13.1. The van der Waals surface area contributed by atoms with Crippen molar-refractivity contribution >= 4 is 15.9 Å². The highest BCUT2D eigenvalue weighted by Gasteiger charge is 2.25. The normalized spacial score (nSPS) is 30.1. The van der Waals surface area contributed by atoms with E-state index >= 15 is 0 Å². The van der Waals surface area contributed by atoms with Crippen LogP contribution in [0, 0.1) is 11.8 Å². The molecular formula is C16H24BrN. The monoisotopic (exact) mass is 309 g/mol. The highest BCUT2D eigenvalue weighted by atomic mass is 79.9. The molecule has 0 radical (unpaired) electrons. The van der Waals surface area contributed by atoms with E-state index in [1.54, 1.807) is 0 Å². The molecule has 1 aliphatic carbocycles. The fraction of sp³-hybridized carbons (Fsp3) is 0.625. The Morgan fingerprint density at radius 2 is 1.89 bits per heavy atom. The zero-order valence-corrected chi connectivity index (χ0v) is 13.2. The number of halogens is 1. The highest BCUT2D eigenvalue weighted by molar-refractivity contribution is 9.10. The van der Waals surface area contributed by atoms with Crippen LogP contribution in [0.5, 0.6) is 0 Å². The van der Waals surface area contributed by atoms with E-state index in [1.807, 2.05) is 0 Å². The van der Waals surface area contributed by atoms with Crippen molar-refractivity contribution in [2.45, 2.75) is 52.1 Å². The van der Waals surface area contributed by atoms with Crippen LogP contribution in [0.2, 0.25) is 0 Å². The Balaban J connectivity index is 1.96. The van der Waals surface area contributed by atoms with Gasteiger partial charge in [0.2, 0.25) is 0 Å². The summed E-state index contributed by atoms with van der Waals surface area (Å²) in [7, 11) is 0. The van der Waals surface area contributed by atoms with E-state index in [4.69, 9.17) is 0 Å². The molecule has 1 nitrogen and oxygen atoms in total. The van der Waals surface area contributed by atoms with E-state index in [-0.39, 0.29) is 0 Å². The molecule has 2 heteroatoms. The van der Waals surface area contributed by atoms with E-state index in [1.165, 1.54) is 29.3 Å². The molecule has 0 aliphatic heterocycles. The molecule has 0 bridgehead atoms. The lowest BCUT2D eigenvalue weighted by Gasteiger charge is -2.34. The van der Waals surface area contributed by atoms with E-state index in [0.717, 1.165) is 11.8 Å². The second-order valence-electron chi connectivity index (χ2n) is 5.87. The lowest BCUT2D eigenvalue weighted by molar-refractivity contribution is 0.217. The summed E-state index contributed by atoms with van der Waals surface area (Å²) in [6.07, 6.45) is 4.00. The third-order valence-electron chi connectivity index (χ3n) is 4.46. The van der Waals surface area contributed by atoms with Crippen LogP contribution in [-0.4, -0.2) is 6.04 Å². The molecule has 1 aromatic carbocycles. The number of hydrogen-bond acceptors (Lipinski definition) is 1. The Hall–Kier alpha value is -0.340. The van der Waals surface area contributed by atoms with Gasteiger partial charge in [-0.2, -0.15) is 0 Å². The van der Waals surface area contributed by atoms with Crippen LogP contribution in [0.25, 0.3) is 0 Å². The number of benzene rings is 1. The summed E-state index contributed by atoms with van der Waals surface area (Å²) < 4.78 is 1.21. The summed E-state index contributed by atoms with van der Waals surface area (Å²) in [6, 6.07) is 9.62. The predicted molar refractivity (Wildman–Crippen MR) is 81.7 cm³/mol. The van der Waals surface area contributed by atoms with Crippen molar-refractivity contribution in [2.75, 3.05) is 0 Å². The zero-order valence-electron chi connectivity index (χ0n) is 11.6. The van der Waals surface area contributed by atoms with Gasteiger partial charge >= 0.3 is 0 Å². The first-order chi connectivity index (χ1) is 8.58. The van der Waals surface area contributed by atoms with Gasteiger partial charge in [0.15, 0.2) is 0 Å². The van der Waals surface area contributed by atoms with Gasteiger partial charge in [-0.15, -0.1) is 0 Å². The van der Waals surface area contributed by atoms with Gasteiger partial charge in [0.05, 0.1) is 0 Å². The average molecular weight is 310 g/mol. The van der Waals surface area contributed by atoms with E-state index in [2.05, 4.69) is 66.3 Å². The molecular weight excluding hydrogens is 286 g/mol. The van der Waals surface area contributed by atoms with Crippen molar-refractivity contribution in [1.82, 2.24) is 5.32 Å². The van der Waals surface area contributed by atoms with Gasteiger partial charge in [0.25, 0.3) is 0 Å². The Labute approximate surface area is 119 Å². The fourth-order valence-corrected chi connectivity index (χ4v) is 3.60. The molecule has 0 heterocycles. The van der Waals surface area contributed by atoms with E-state index < -0.39 is 0 Å². The van der Waals surface area contributed by atoms with E-state index in [9.17, 15) is 0 Å². The highest BCUT2D eigenvalue weighted by Crippen LogP contribution is 2.31. The summed E-state index contributed by atoms with van der Waals surface area (Å²) in [5, 5.41) is 3.80. The minimum absolute atomic E-state index is 0.422. The third kappa shape index (κ3) is 3.36. The molecule has 4 atom stereocenters. The van der Waals surface area contributed by atoms with Gasteiger partial charge < -0.3 is 5.32 Å². The topological polar surface area (TPSA) is 12.0 Å². The van der Waals surface area contributed by atoms with Gasteiger partial charge in [0, 0.05) is 16.6 Å². The van der Waals surface area contributed by atoms with Crippen LogP contribution < -0.4 is 5.32 Å². The summed E-state index contributed by atoms with van der Waals surface area (Å²) in [6.45, 7) is 7.04. The Bertz CT molecular complexity index is 390. The SMILES string of the molecule is CC1CCC(N[C@@H](C)c2ccccc2Br)CC1C. The fourth-order valence-electron chi connectivity index (χ4n) is 2.97. The first kappa shape index (κ1) is 14.1. The van der Waals surface area contributed by atoms with Crippen molar-refractivity contribution < 1.29 is 0 Å². The summed E-state index contributed by atoms with van der Waals surface area (Å²) in [5.41, 5.74) is 1.36. The lowest BCUT2D eigenvalue weighted by Crippen LogP contribution is -2.37. The minimum Gasteiger partial charge on any atom is -0.307 e. The van der Waals surface area contributed by atoms with Crippen LogP contribution in [0.15, 0.2) is 28.7 Å². The molecule has 1 fully saturated rings. The second-order valence-corrected chi connectivity index (χ2v) is 6.73. The Morgan fingerprint density at radius 3 is 2.56 bits per heavy atom. The molecule has 18 heavy (non-hydrogen) atoms. The van der Waals surface area contributed by atoms with Crippen LogP contribution in [0.3, 0.4) is 0 Å². The van der Waals surface area contributed by atoms with Crippen LogP contribution >= 0.6 is 15.9 Å². The Morgan fingerprint density at radius 1 is 1.17 bits per heavy atom. The Kier molecular flexibility index (Phi) is 4.85. The maximum absolute atomic E-state index is 3.80. The molecule has 3 unspecified atom stereocenters. The molecule has 0 saturated heterocycles. The molecule has 100 valence electrons. The number of rotatable bonds is 3. The summed E-state index contributed by atoms with van der Waals surface area (Å²) in [4.78, 5) is 0. The average Bonchev–Trinajstić information content (AvgIpc) is 2.34. The maximum atomic E-state index is 3.80. The molecule has 0 spiro atoms. The first-order valence-electron chi connectivity index (χ1n) is 7.08. The predicted octanol–water partition coefficient (Wildman–Crippen LogP) is 4.92. The van der Waals surface area contributed by atoms with Crippen molar-refractivity contribution in [2.24, 2.45) is 11.8 Å². The third-order valence-corrected chi connectivity index (χ3v) is 5.18. The molecule has 1 aromatic rings. The molecule has 1 aliphatic rings. The molecule has 1 saturated carbocycles. The van der Waals surface area contributed by atoms with Crippen molar-refractivity contribution in [3.63, 3.8) is 0 Å². The van der Waals surface area contributed by atoms with Gasteiger partial charge in [0.1, 0.15) is 0 Å². The molecule has 2 rings (SSSR count). The van der Waals surface area contributed by atoms with Gasteiger partial charge in [-0.3, -0.25) is 0 Å². The standard InChI is InChI=1S/C16H24BrN/c1-11-8-9-14(10-12(11)2)18-13(3)15-6-4-5-7-16(15)17/h4-7,11-14,18H,8-10H2,1-3H3/t11?,12?,13-,14?/m0/s1. The summed E-state index contributed by atoms with van der Waals surface area (Å²) >= 11 is 3.64. The largest absolute Gasteiger partial charge is 0.307 e. The van der Waals surface area contributed by atoms with Gasteiger partial charge in [-0.1, -0.05) is 48.0 Å². The molecule has 0 amide bonds. The van der Waals surface area contributed by atoms with Crippen molar-refractivity contribution in [3.05, 3.63) is 34.3 Å². The summed E-state index contributed by atoms with van der Waals surface area (Å²) in [5.74, 6) is 1.74. The van der Waals surface area contributed by atoms with Crippen molar-refractivity contribution in [3.8, 4) is 0 Å². The number of nitrogens with one attached hydrogen (secondary N) is 1. The van der Waals surface area contributed by atoms with Gasteiger partial charge in [-0.25, -0.2) is 0 Å². The molecule has 1 N–H and O–H groups in total. The molecule has 0 aromatic heterocycles. The minimum atomic E-state index is 0.422. The van der Waals surface area contributed by atoms with E-state index in [0.29, 0.717) is 12.1 Å². The van der Waals surface area contributed by atoms with Crippen LogP contribution in [0.1, 0.15) is 51.6 Å². The van der Waals surface area contributed by atoms with Crippen molar-refractivity contribution in [1.29, 1.82) is 0 Å².